The Kier molecular flexibility index (Phi) is 6.29. The van der Waals surface area contributed by atoms with E-state index in [0.29, 0.717) is 5.92 Å². The molecule has 0 unspecified atom stereocenters. The van der Waals surface area contributed by atoms with E-state index in [4.69, 9.17) is 0 Å². The topological polar surface area (TPSA) is 35.6 Å². The number of benzene rings is 1. The summed E-state index contributed by atoms with van der Waals surface area (Å²) in [6.07, 6.45) is 6.47. The van der Waals surface area contributed by atoms with Crippen LogP contribution in [-0.4, -0.2) is 49.6 Å². The first-order valence-electron chi connectivity index (χ1n) is 9.66. The van der Waals surface area contributed by atoms with Crippen LogP contribution in [0.3, 0.4) is 0 Å². The first-order chi connectivity index (χ1) is 12.1. The monoisotopic (exact) mass is 347 g/mol. The summed E-state index contributed by atoms with van der Waals surface area (Å²) in [5, 5.41) is 3.16. The van der Waals surface area contributed by atoms with E-state index in [1.54, 1.807) is 0 Å². The van der Waals surface area contributed by atoms with Crippen LogP contribution in [0.4, 0.5) is 10.1 Å². The largest absolute Gasteiger partial charge is 0.369 e. The van der Waals surface area contributed by atoms with Crippen molar-refractivity contribution in [2.24, 2.45) is 5.92 Å². The van der Waals surface area contributed by atoms with Gasteiger partial charge in [0.2, 0.25) is 5.91 Å². The smallest absolute Gasteiger partial charge is 0.237 e. The van der Waals surface area contributed by atoms with E-state index in [1.165, 1.54) is 44.2 Å². The lowest BCUT2D eigenvalue weighted by Gasteiger charge is -2.38. The van der Waals surface area contributed by atoms with Crippen molar-refractivity contribution in [1.29, 1.82) is 0 Å². The zero-order valence-electron chi connectivity index (χ0n) is 15.2. The van der Waals surface area contributed by atoms with Crippen LogP contribution >= 0.6 is 0 Å². The standard InChI is InChI=1S/C20H30FN3O/c1-16(20(25)22-15-17-5-3-2-4-6-17)23-11-13-24(14-12-23)19-9-7-18(21)8-10-19/h7-10,16-17H,2-6,11-15H2,1H3,(H,22,25)/t16-/m0/s1. The molecule has 0 radical (unpaired) electrons. The van der Waals surface area contributed by atoms with Gasteiger partial charge in [0, 0.05) is 38.4 Å². The number of carbonyl (C=O) groups excluding carboxylic acids is 1. The maximum Gasteiger partial charge on any atom is 0.237 e. The lowest BCUT2D eigenvalue weighted by atomic mass is 9.89. The van der Waals surface area contributed by atoms with Gasteiger partial charge in [0.05, 0.1) is 6.04 Å². The first-order valence-corrected chi connectivity index (χ1v) is 9.66. The van der Waals surface area contributed by atoms with E-state index in [-0.39, 0.29) is 17.8 Å². The zero-order valence-corrected chi connectivity index (χ0v) is 15.2. The number of piperazine rings is 1. The molecule has 138 valence electrons. The number of halogens is 1. The predicted octanol–water partition coefficient (Wildman–Crippen LogP) is 3.03. The van der Waals surface area contributed by atoms with Crippen LogP contribution in [0, 0.1) is 11.7 Å². The van der Waals surface area contributed by atoms with Crippen LogP contribution in [-0.2, 0) is 4.79 Å². The van der Waals surface area contributed by atoms with E-state index in [9.17, 15) is 9.18 Å². The van der Waals surface area contributed by atoms with Crippen LogP contribution < -0.4 is 10.2 Å². The molecular weight excluding hydrogens is 317 g/mol. The third-order valence-electron chi connectivity index (χ3n) is 5.72. The second-order valence-corrected chi connectivity index (χ2v) is 7.42. The van der Waals surface area contributed by atoms with Crippen molar-refractivity contribution in [2.75, 3.05) is 37.6 Å². The summed E-state index contributed by atoms with van der Waals surface area (Å²) in [6, 6.07) is 6.57. The summed E-state index contributed by atoms with van der Waals surface area (Å²) in [4.78, 5) is 17.0. The van der Waals surface area contributed by atoms with Gasteiger partial charge in [0.15, 0.2) is 0 Å². The Bertz CT molecular complexity index is 549. The Morgan fingerprint density at radius 1 is 1.12 bits per heavy atom. The van der Waals surface area contributed by atoms with Gasteiger partial charge in [-0.1, -0.05) is 19.3 Å². The Balaban J connectivity index is 1.43. The number of hydrogen-bond acceptors (Lipinski definition) is 3. The minimum Gasteiger partial charge on any atom is -0.369 e. The molecule has 2 fully saturated rings. The van der Waals surface area contributed by atoms with Gasteiger partial charge in [-0.25, -0.2) is 4.39 Å². The molecule has 1 aliphatic heterocycles. The molecule has 1 aliphatic carbocycles. The van der Waals surface area contributed by atoms with E-state index < -0.39 is 0 Å². The Hall–Kier alpha value is -1.62. The summed E-state index contributed by atoms with van der Waals surface area (Å²) >= 11 is 0. The lowest BCUT2D eigenvalue weighted by Crippen LogP contribution is -2.54. The van der Waals surface area contributed by atoms with E-state index in [2.05, 4.69) is 15.1 Å². The predicted molar refractivity (Wildman–Crippen MR) is 99.2 cm³/mol. The quantitative estimate of drug-likeness (QED) is 0.889. The molecule has 1 amide bonds. The number of nitrogens with zero attached hydrogens (tertiary/aromatic N) is 2. The molecule has 0 spiro atoms. The van der Waals surface area contributed by atoms with E-state index in [0.717, 1.165) is 38.4 Å². The average Bonchev–Trinajstić information content (AvgIpc) is 2.67. The van der Waals surface area contributed by atoms with Crippen molar-refractivity contribution < 1.29 is 9.18 Å². The summed E-state index contributed by atoms with van der Waals surface area (Å²) in [7, 11) is 0. The van der Waals surface area contributed by atoms with Crippen molar-refractivity contribution in [1.82, 2.24) is 10.2 Å². The van der Waals surface area contributed by atoms with Gasteiger partial charge in [-0.2, -0.15) is 0 Å². The fourth-order valence-electron chi connectivity index (χ4n) is 3.97. The minimum atomic E-state index is -0.203. The van der Waals surface area contributed by atoms with E-state index >= 15 is 0 Å². The molecule has 1 N–H and O–H groups in total. The zero-order chi connectivity index (χ0) is 17.6. The molecule has 25 heavy (non-hydrogen) atoms. The Morgan fingerprint density at radius 2 is 1.76 bits per heavy atom. The summed E-state index contributed by atoms with van der Waals surface area (Å²) < 4.78 is 13.0. The normalized spacial score (nSPS) is 21.1. The lowest BCUT2D eigenvalue weighted by molar-refractivity contribution is -0.126. The third kappa shape index (κ3) is 4.94. The van der Waals surface area contributed by atoms with Crippen LogP contribution in [0.5, 0.6) is 0 Å². The first kappa shape index (κ1) is 18.2. The SMILES string of the molecule is C[C@@H](C(=O)NCC1CCCCC1)N1CCN(c2ccc(F)cc2)CC1. The fraction of sp³-hybridized carbons (Fsp3) is 0.650. The molecule has 1 saturated heterocycles. The van der Waals surface area contributed by atoms with Gasteiger partial charge >= 0.3 is 0 Å². The number of hydrogen-bond donors (Lipinski definition) is 1. The van der Waals surface area contributed by atoms with Gasteiger partial charge in [0.1, 0.15) is 5.82 Å². The van der Waals surface area contributed by atoms with Gasteiger partial charge in [-0.3, -0.25) is 9.69 Å². The maximum atomic E-state index is 13.0. The average molecular weight is 347 g/mol. The highest BCUT2D eigenvalue weighted by Gasteiger charge is 2.26. The highest BCUT2D eigenvalue weighted by molar-refractivity contribution is 5.81. The molecule has 0 bridgehead atoms. The second-order valence-electron chi connectivity index (χ2n) is 7.42. The molecular formula is C20H30FN3O. The second kappa shape index (κ2) is 8.65. The molecule has 1 heterocycles. The highest BCUT2D eigenvalue weighted by atomic mass is 19.1. The van der Waals surface area contributed by atoms with Gasteiger partial charge in [-0.05, 0) is 49.9 Å². The molecule has 1 aromatic carbocycles. The van der Waals surface area contributed by atoms with Crippen molar-refractivity contribution in [3.63, 3.8) is 0 Å². The molecule has 0 aromatic heterocycles. The number of rotatable bonds is 5. The highest BCUT2D eigenvalue weighted by Crippen LogP contribution is 2.23. The van der Waals surface area contributed by atoms with Gasteiger partial charge in [0.25, 0.3) is 0 Å². The number of amides is 1. The molecule has 2 aliphatic rings. The van der Waals surface area contributed by atoms with Crippen LogP contribution in [0.1, 0.15) is 39.0 Å². The van der Waals surface area contributed by atoms with Gasteiger partial charge < -0.3 is 10.2 Å². The van der Waals surface area contributed by atoms with Crippen LogP contribution in [0.2, 0.25) is 0 Å². The number of nitrogens with one attached hydrogen (secondary N) is 1. The molecule has 1 saturated carbocycles. The molecule has 1 aromatic rings. The fourth-order valence-corrected chi connectivity index (χ4v) is 3.97. The summed E-state index contributed by atoms with van der Waals surface area (Å²) in [5.74, 6) is 0.617. The molecule has 5 heteroatoms. The van der Waals surface area contributed by atoms with E-state index in [1.807, 2.05) is 19.1 Å². The van der Waals surface area contributed by atoms with Gasteiger partial charge in [-0.15, -0.1) is 0 Å². The van der Waals surface area contributed by atoms with Crippen molar-refractivity contribution >= 4 is 11.6 Å². The molecule has 3 rings (SSSR count). The summed E-state index contributed by atoms with van der Waals surface area (Å²) in [6.45, 7) is 6.28. The third-order valence-corrected chi connectivity index (χ3v) is 5.72. The van der Waals surface area contributed by atoms with Crippen molar-refractivity contribution in [3.8, 4) is 0 Å². The Labute approximate surface area is 150 Å². The maximum absolute atomic E-state index is 13.0. The Morgan fingerprint density at radius 3 is 2.40 bits per heavy atom. The van der Waals surface area contributed by atoms with Crippen molar-refractivity contribution in [2.45, 2.75) is 45.1 Å². The number of carbonyl (C=O) groups is 1. The molecule has 4 nitrogen and oxygen atoms in total. The van der Waals surface area contributed by atoms with Crippen LogP contribution in [0.25, 0.3) is 0 Å². The molecule has 1 atom stereocenters. The number of anilines is 1. The van der Waals surface area contributed by atoms with Crippen LogP contribution in [0.15, 0.2) is 24.3 Å². The minimum absolute atomic E-state index is 0.0843. The van der Waals surface area contributed by atoms with Crippen molar-refractivity contribution in [3.05, 3.63) is 30.1 Å². The summed E-state index contributed by atoms with van der Waals surface area (Å²) in [5.41, 5.74) is 1.05.